The quantitative estimate of drug-likeness (QED) is 0.898. The number of hydrogen-bond donors (Lipinski definition) is 1. The van der Waals surface area contributed by atoms with Gasteiger partial charge in [-0.3, -0.25) is 0 Å². The molecule has 0 bridgehead atoms. The van der Waals surface area contributed by atoms with Gasteiger partial charge in [-0.05, 0) is 31.4 Å². The number of hydrogen-bond acceptors (Lipinski definition) is 2. The molecule has 1 aromatic rings. The highest BCUT2D eigenvalue weighted by Gasteiger charge is 2.38. The molecule has 1 aromatic carbocycles. The molecule has 1 fully saturated rings. The standard InChI is InChI=1S/C13H17F3N2/c1-9(17)11-4-2-3-5-12(11)18(10-6-7-10)8-13(14,15)16/h2-5,9-10H,6-8,17H2,1H3/t9-/m0/s1. The third-order valence-corrected chi connectivity index (χ3v) is 3.07. The fourth-order valence-electron chi connectivity index (χ4n) is 2.12. The number of anilines is 1. The van der Waals surface area contributed by atoms with Gasteiger partial charge in [0.05, 0.1) is 0 Å². The Bertz CT molecular complexity index is 411. The average molecular weight is 258 g/mol. The maximum absolute atomic E-state index is 12.6. The minimum atomic E-state index is -4.19. The van der Waals surface area contributed by atoms with E-state index in [9.17, 15) is 13.2 Å². The first-order valence-corrected chi connectivity index (χ1v) is 6.06. The number of nitrogens with two attached hydrogens (primary N) is 1. The molecule has 18 heavy (non-hydrogen) atoms. The molecule has 0 amide bonds. The second kappa shape index (κ2) is 4.80. The summed E-state index contributed by atoms with van der Waals surface area (Å²) in [6, 6.07) is 6.82. The Morgan fingerprint density at radius 1 is 1.33 bits per heavy atom. The smallest absolute Gasteiger partial charge is 0.359 e. The largest absolute Gasteiger partial charge is 0.405 e. The molecule has 0 radical (unpaired) electrons. The van der Waals surface area contributed by atoms with Crippen LogP contribution in [0.5, 0.6) is 0 Å². The van der Waals surface area contributed by atoms with Crippen LogP contribution in [0.2, 0.25) is 0 Å². The number of para-hydroxylation sites is 1. The minimum absolute atomic E-state index is 0.00604. The van der Waals surface area contributed by atoms with Crippen molar-refractivity contribution >= 4 is 5.69 Å². The molecule has 1 aliphatic carbocycles. The van der Waals surface area contributed by atoms with Crippen LogP contribution in [0.4, 0.5) is 18.9 Å². The highest BCUT2D eigenvalue weighted by molar-refractivity contribution is 5.56. The van der Waals surface area contributed by atoms with E-state index in [0.29, 0.717) is 5.69 Å². The van der Waals surface area contributed by atoms with E-state index in [4.69, 9.17) is 5.73 Å². The van der Waals surface area contributed by atoms with Crippen LogP contribution in [0.25, 0.3) is 0 Å². The molecule has 0 spiro atoms. The first-order chi connectivity index (χ1) is 8.38. The van der Waals surface area contributed by atoms with Gasteiger partial charge in [-0.1, -0.05) is 18.2 Å². The molecule has 2 rings (SSSR count). The highest BCUT2D eigenvalue weighted by atomic mass is 19.4. The predicted octanol–water partition coefficient (Wildman–Crippen LogP) is 3.24. The minimum Gasteiger partial charge on any atom is -0.359 e. The Balaban J connectivity index is 2.31. The molecular weight excluding hydrogens is 241 g/mol. The fourth-order valence-corrected chi connectivity index (χ4v) is 2.12. The van der Waals surface area contributed by atoms with E-state index in [1.165, 1.54) is 4.90 Å². The number of halogens is 3. The zero-order chi connectivity index (χ0) is 13.3. The van der Waals surface area contributed by atoms with Gasteiger partial charge in [0.25, 0.3) is 0 Å². The van der Waals surface area contributed by atoms with E-state index < -0.39 is 12.7 Å². The van der Waals surface area contributed by atoms with Crippen LogP contribution >= 0.6 is 0 Å². The van der Waals surface area contributed by atoms with Gasteiger partial charge >= 0.3 is 6.18 Å². The van der Waals surface area contributed by atoms with Gasteiger partial charge in [0.1, 0.15) is 6.54 Å². The summed E-state index contributed by atoms with van der Waals surface area (Å²) in [6.45, 7) is 0.888. The lowest BCUT2D eigenvalue weighted by molar-refractivity contribution is -0.120. The Morgan fingerprint density at radius 3 is 2.44 bits per heavy atom. The Morgan fingerprint density at radius 2 is 1.94 bits per heavy atom. The Kier molecular flexibility index (Phi) is 3.52. The lowest BCUT2D eigenvalue weighted by Gasteiger charge is -2.29. The van der Waals surface area contributed by atoms with Crippen molar-refractivity contribution in [3.8, 4) is 0 Å². The van der Waals surface area contributed by atoms with Crippen molar-refractivity contribution in [2.24, 2.45) is 5.73 Å². The SMILES string of the molecule is C[C@H](N)c1ccccc1N(CC(F)(F)F)C1CC1. The van der Waals surface area contributed by atoms with Crippen molar-refractivity contribution in [1.29, 1.82) is 0 Å². The van der Waals surface area contributed by atoms with Crippen molar-refractivity contribution in [1.82, 2.24) is 0 Å². The average Bonchev–Trinajstić information content (AvgIpc) is 3.08. The van der Waals surface area contributed by atoms with E-state index >= 15 is 0 Å². The Hall–Kier alpha value is -1.23. The van der Waals surface area contributed by atoms with Crippen LogP contribution in [-0.2, 0) is 0 Å². The third-order valence-electron chi connectivity index (χ3n) is 3.07. The normalized spacial score (nSPS) is 17.6. The summed E-state index contributed by atoms with van der Waals surface area (Å²) in [4.78, 5) is 1.44. The van der Waals surface area contributed by atoms with Gasteiger partial charge in [0.15, 0.2) is 0 Å². The van der Waals surface area contributed by atoms with Crippen molar-refractivity contribution in [3.63, 3.8) is 0 Å². The molecular formula is C13H17F3N2. The van der Waals surface area contributed by atoms with Crippen LogP contribution in [0, 0.1) is 0 Å². The van der Waals surface area contributed by atoms with E-state index in [2.05, 4.69) is 0 Å². The lowest BCUT2D eigenvalue weighted by Crippen LogP contribution is -2.37. The molecule has 2 nitrogen and oxygen atoms in total. The summed E-state index contributed by atoms with van der Waals surface area (Å²) in [6.07, 6.45) is -2.54. The van der Waals surface area contributed by atoms with Crippen molar-refractivity contribution in [2.75, 3.05) is 11.4 Å². The number of rotatable bonds is 4. The maximum Gasteiger partial charge on any atom is 0.405 e. The van der Waals surface area contributed by atoms with E-state index in [-0.39, 0.29) is 12.1 Å². The van der Waals surface area contributed by atoms with Crippen molar-refractivity contribution in [3.05, 3.63) is 29.8 Å². The molecule has 0 saturated heterocycles. The first-order valence-electron chi connectivity index (χ1n) is 6.06. The van der Waals surface area contributed by atoms with Gasteiger partial charge in [-0.2, -0.15) is 13.2 Å². The molecule has 0 unspecified atom stereocenters. The summed E-state index contributed by atoms with van der Waals surface area (Å²) in [5.74, 6) is 0. The summed E-state index contributed by atoms with van der Waals surface area (Å²) in [7, 11) is 0. The molecule has 1 atom stereocenters. The molecule has 1 aliphatic rings. The van der Waals surface area contributed by atoms with Crippen LogP contribution in [0.1, 0.15) is 31.4 Å². The lowest BCUT2D eigenvalue weighted by atomic mass is 10.1. The zero-order valence-electron chi connectivity index (χ0n) is 10.2. The summed E-state index contributed by atoms with van der Waals surface area (Å²) >= 11 is 0. The molecule has 1 saturated carbocycles. The number of nitrogens with zero attached hydrogens (tertiary/aromatic N) is 1. The zero-order valence-corrected chi connectivity index (χ0v) is 10.2. The van der Waals surface area contributed by atoms with Crippen molar-refractivity contribution in [2.45, 2.75) is 38.0 Å². The molecule has 5 heteroatoms. The van der Waals surface area contributed by atoms with Crippen LogP contribution in [0.3, 0.4) is 0 Å². The van der Waals surface area contributed by atoms with Crippen LogP contribution < -0.4 is 10.6 Å². The van der Waals surface area contributed by atoms with Crippen LogP contribution in [0.15, 0.2) is 24.3 Å². The van der Waals surface area contributed by atoms with E-state index in [1.807, 2.05) is 0 Å². The monoisotopic (exact) mass is 258 g/mol. The summed E-state index contributed by atoms with van der Waals surface area (Å²) < 4.78 is 37.9. The highest BCUT2D eigenvalue weighted by Crippen LogP contribution is 2.37. The third kappa shape index (κ3) is 3.16. The second-order valence-corrected chi connectivity index (χ2v) is 4.82. The molecule has 0 heterocycles. The molecule has 0 aliphatic heterocycles. The van der Waals surface area contributed by atoms with Gasteiger partial charge in [0.2, 0.25) is 0 Å². The molecule has 100 valence electrons. The van der Waals surface area contributed by atoms with Gasteiger partial charge in [-0.15, -0.1) is 0 Å². The molecule has 0 aromatic heterocycles. The van der Waals surface area contributed by atoms with Gasteiger partial charge in [0, 0.05) is 17.8 Å². The summed E-state index contributed by atoms with van der Waals surface area (Å²) in [5, 5.41) is 0. The van der Waals surface area contributed by atoms with Gasteiger partial charge < -0.3 is 10.6 Å². The topological polar surface area (TPSA) is 29.3 Å². The second-order valence-electron chi connectivity index (χ2n) is 4.82. The van der Waals surface area contributed by atoms with Gasteiger partial charge in [-0.25, -0.2) is 0 Å². The number of alkyl halides is 3. The number of benzene rings is 1. The van der Waals surface area contributed by atoms with Crippen molar-refractivity contribution < 1.29 is 13.2 Å². The first kappa shape index (κ1) is 13.2. The van der Waals surface area contributed by atoms with Crippen LogP contribution in [-0.4, -0.2) is 18.8 Å². The van der Waals surface area contributed by atoms with E-state index in [1.54, 1.807) is 31.2 Å². The molecule has 2 N–H and O–H groups in total. The fraction of sp³-hybridized carbons (Fsp3) is 0.538. The van der Waals surface area contributed by atoms with E-state index in [0.717, 1.165) is 18.4 Å². The Labute approximate surface area is 105 Å². The predicted molar refractivity (Wildman–Crippen MR) is 65.5 cm³/mol. The summed E-state index contributed by atoms with van der Waals surface area (Å²) in [5.41, 5.74) is 7.22. The maximum atomic E-state index is 12.6.